The number of amides is 2. The zero-order valence-corrected chi connectivity index (χ0v) is 16.5. The number of hydrogen-bond donors (Lipinski definition) is 0. The molecule has 0 radical (unpaired) electrons. The fraction of sp³-hybridized carbons (Fsp3) is 0.368. The van der Waals surface area contributed by atoms with Gasteiger partial charge >= 0.3 is 11.9 Å². The molecular formula is C19H16BrNO7. The molecule has 4 atom stereocenters. The first-order valence-corrected chi connectivity index (χ1v) is 9.39. The van der Waals surface area contributed by atoms with Crippen molar-refractivity contribution in [3.63, 3.8) is 0 Å². The largest absolute Gasteiger partial charge is 0.422 e. The normalized spacial score (nSPS) is 30.1. The molecule has 146 valence electrons. The molecule has 2 fully saturated rings. The predicted octanol–water partition coefficient (Wildman–Crippen LogP) is 1.71. The molecule has 2 amide bonds. The van der Waals surface area contributed by atoms with Gasteiger partial charge in [-0.15, -0.1) is 0 Å². The lowest BCUT2D eigenvalue weighted by molar-refractivity contribution is -0.226. The summed E-state index contributed by atoms with van der Waals surface area (Å²) in [6.45, 7) is 2.31. The highest BCUT2D eigenvalue weighted by molar-refractivity contribution is 9.10. The molecule has 2 bridgehead atoms. The highest BCUT2D eigenvalue weighted by Gasteiger charge is 2.72. The molecule has 3 aliphatic rings. The number of rotatable bonds is 4. The van der Waals surface area contributed by atoms with Crippen molar-refractivity contribution in [3.05, 3.63) is 40.9 Å². The second-order valence-electron chi connectivity index (χ2n) is 6.81. The Morgan fingerprint density at radius 1 is 1.14 bits per heavy atom. The van der Waals surface area contributed by atoms with Crippen molar-refractivity contribution in [3.8, 4) is 0 Å². The van der Waals surface area contributed by atoms with E-state index in [9.17, 15) is 19.2 Å². The number of fused-ring (bicyclic) bond motifs is 5. The number of esters is 2. The standard InChI is InChI=1S/C19H16BrNO7/c1-9(22)26-18(27-10(2)23)19-8-7-13(28-19)14-15(19)17(25)21(16(14)24)12-6-4-3-5-11(12)20/h3-8,13-15,18H,1-2H3/t13-,14-,15+,19+/m0/s1. The van der Waals surface area contributed by atoms with Gasteiger partial charge < -0.3 is 14.2 Å². The smallest absolute Gasteiger partial charge is 0.305 e. The van der Waals surface area contributed by atoms with Crippen LogP contribution in [0.1, 0.15) is 13.8 Å². The molecule has 1 aromatic rings. The molecule has 4 rings (SSSR count). The lowest BCUT2D eigenvalue weighted by Crippen LogP contribution is -2.52. The molecule has 0 unspecified atom stereocenters. The summed E-state index contributed by atoms with van der Waals surface area (Å²) < 4.78 is 16.8. The van der Waals surface area contributed by atoms with Crippen LogP contribution in [0.15, 0.2) is 40.9 Å². The van der Waals surface area contributed by atoms with E-state index in [0.717, 1.165) is 18.7 Å². The molecule has 8 nitrogen and oxygen atoms in total. The van der Waals surface area contributed by atoms with E-state index in [4.69, 9.17) is 14.2 Å². The Hall–Kier alpha value is -2.52. The monoisotopic (exact) mass is 449 g/mol. The van der Waals surface area contributed by atoms with Crippen molar-refractivity contribution in [2.75, 3.05) is 4.90 Å². The zero-order valence-electron chi connectivity index (χ0n) is 15.0. The second-order valence-corrected chi connectivity index (χ2v) is 7.67. The highest BCUT2D eigenvalue weighted by Crippen LogP contribution is 2.55. The van der Waals surface area contributed by atoms with E-state index in [2.05, 4.69) is 15.9 Å². The van der Waals surface area contributed by atoms with Crippen LogP contribution in [0.5, 0.6) is 0 Å². The average Bonchev–Trinajstić information content (AvgIpc) is 3.26. The van der Waals surface area contributed by atoms with Gasteiger partial charge in [0.15, 0.2) is 5.60 Å². The van der Waals surface area contributed by atoms with Gasteiger partial charge in [0.1, 0.15) is 0 Å². The minimum absolute atomic E-state index is 0.414. The molecular weight excluding hydrogens is 434 g/mol. The van der Waals surface area contributed by atoms with Crippen LogP contribution in [0.25, 0.3) is 0 Å². The van der Waals surface area contributed by atoms with E-state index in [1.165, 1.54) is 0 Å². The molecule has 2 saturated heterocycles. The summed E-state index contributed by atoms with van der Waals surface area (Å²) in [5, 5.41) is 0. The van der Waals surface area contributed by atoms with Gasteiger partial charge in [-0.25, -0.2) is 4.90 Å². The Morgan fingerprint density at radius 2 is 1.79 bits per heavy atom. The SMILES string of the molecule is CC(=O)OC(OC(C)=O)[C@]12C=C[C@H](O1)[C@@H]1C(=O)N(c3ccccc3Br)C(=O)[C@@H]12. The molecule has 1 aromatic carbocycles. The zero-order chi connectivity index (χ0) is 20.2. The number of benzene rings is 1. The number of halogens is 1. The molecule has 28 heavy (non-hydrogen) atoms. The number of nitrogens with zero attached hydrogens (tertiary/aromatic N) is 1. The van der Waals surface area contributed by atoms with Crippen LogP contribution in [0.4, 0.5) is 5.69 Å². The van der Waals surface area contributed by atoms with Crippen LogP contribution in [0, 0.1) is 11.8 Å². The number of carbonyl (C=O) groups is 4. The van der Waals surface area contributed by atoms with Crippen molar-refractivity contribution in [2.24, 2.45) is 11.8 Å². The summed E-state index contributed by atoms with van der Waals surface area (Å²) in [7, 11) is 0. The van der Waals surface area contributed by atoms with Crippen molar-refractivity contribution >= 4 is 45.4 Å². The van der Waals surface area contributed by atoms with Crippen LogP contribution in [0.2, 0.25) is 0 Å². The van der Waals surface area contributed by atoms with E-state index in [1.54, 1.807) is 36.4 Å². The molecule has 0 N–H and O–H groups in total. The summed E-state index contributed by atoms with van der Waals surface area (Å²) in [6.07, 6.45) is 1.03. The summed E-state index contributed by atoms with van der Waals surface area (Å²) >= 11 is 3.36. The molecule has 0 saturated carbocycles. The van der Waals surface area contributed by atoms with E-state index < -0.39 is 53.6 Å². The van der Waals surface area contributed by atoms with Gasteiger partial charge in [-0.3, -0.25) is 19.2 Å². The maximum Gasteiger partial charge on any atom is 0.305 e. The van der Waals surface area contributed by atoms with Crippen LogP contribution >= 0.6 is 15.9 Å². The van der Waals surface area contributed by atoms with Crippen LogP contribution < -0.4 is 4.90 Å². The van der Waals surface area contributed by atoms with Gasteiger partial charge in [-0.1, -0.05) is 18.2 Å². The third kappa shape index (κ3) is 2.61. The quantitative estimate of drug-likeness (QED) is 0.298. The Labute approximate surface area is 168 Å². The second kappa shape index (κ2) is 6.52. The van der Waals surface area contributed by atoms with Crippen LogP contribution in [-0.2, 0) is 33.4 Å². The third-order valence-corrected chi connectivity index (χ3v) is 5.76. The van der Waals surface area contributed by atoms with Crippen molar-refractivity contribution in [1.82, 2.24) is 0 Å². The van der Waals surface area contributed by atoms with Gasteiger partial charge in [-0.05, 0) is 34.1 Å². The van der Waals surface area contributed by atoms with E-state index in [0.29, 0.717) is 10.2 Å². The highest BCUT2D eigenvalue weighted by atomic mass is 79.9. The number of carbonyl (C=O) groups excluding carboxylic acids is 4. The third-order valence-electron chi connectivity index (χ3n) is 5.09. The number of hydrogen-bond acceptors (Lipinski definition) is 7. The number of ether oxygens (including phenoxy) is 3. The minimum atomic E-state index is -1.55. The lowest BCUT2D eigenvalue weighted by atomic mass is 9.76. The van der Waals surface area contributed by atoms with Gasteiger partial charge in [-0.2, -0.15) is 0 Å². The first kappa shape index (κ1) is 18.8. The lowest BCUT2D eigenvalue weighted by Gasteiger charge is -2.34. The molecule has 3 aliphatic heterocycles. The molecule has 0 spiro atoms. The molecule has 0 aromatic heterocycles. The van der Waals surface area contributed by atoms with Gasteiger partial charge in [0, 0.05) is 18.3 Å². The summed E-state index contributed by atoms with van der Waals surface area (Å²) in [4.78, 5) is 50.7. The molecule has 3 heterocycles. The summed E-state index contributed by atoms with van der Waals surface area (Å²) in [5.41, 5.74) is -1.13. The Balaban J connectivity index is 1.77. The Bertz CT molecular complexity index is 913. The number of imide groups is 1. The molecule has 9 heteroatoms. The number of para-hydroxylation sites is 1. The predicted molar refractivity (Wildman–Crippen MR) is 97.7 cm³/mol. The average molecular weight is 450 g/mol. The van der Waals surface area contributed by atoms with Crippen molar-refractivity contribution in [2.45, 2.75) is 31.8 Å². The summed E-state index contributed by atoms with van der Waals surface area (Å²) in [5.74, 6) is -4.10. The van der Waals surface area contributed by atoms with Crippen molar-refractivity contribution < 1.29 is 33.4 Å². The Kier molecular flexibility index (Phi) is 4.39. The first-order chi connectivity index (χ1) is 13.3. The van der Waals surface area contributed by atoms with Gasteiger partial charge in [0.05, 0.1) is 23.6 Å². The topological polar surface area (TPSA) is 99.2 Å². The fourth-order valence-electron chi connectivity index (χ4n) is 4.09. The van der Waals surface area contributed by atoms with Gasteiger partial charge in [0.2, 0.25) is 11.8 Å². The maximum absolute atomic E-state index is 13.3. The fourth-order valence-corrected chi connectivity index (χ4v) is 4.55. The van der Waals surface area contributed by atoms with Crippen LogP contribution in [0.3, 0.4) is 0 Å². The number of anilines is 1. The van der Waals surface area contributed by atoms with E-state index in [1.807, 2.05) is 0 Å². The van der Waals surface area contributed by atoms with Crippen LogP contribution in [-0.4, -0.2) is 41.7 Å². The molecule has 0 aliphatic carbocycles. The Morgan fingerprint density at radius 3 is 2.39 bits per heavy atom. The van der Waals surface area contributed by atoms with Crippen molar-refractivity contribution in [1.29, 1.82) is 0 Å². The first-order valence-electron chi connectivity index (χ1n) is 8.60. The van der Waals surface area contributed by atoms with E-state index in [-0.39, 0.29) is 0 Å². The van der Waals surface area contributed by atoms with Gasteiger partial charge in [0.25, 0.3) is 6.29 Å². The van der Waals surface area contributed by atoms with E-state index >= 15 is 0 Å². The maximum atomic E-state index is 13.3. The minimum Gasteiger partial charge on any atom is -0.422 e. The summed E-state index contributed by atoms with van der Waals surface area (Å²) in [6, 6.07) is 6.87.